The quantitative estimate of drug-likeness (QED) is 0.910. The Labute approximate surface area is 124 Å². The number of piperazine rings is 1. The molecule has 2 rings (SSSR count). The fourth-order valence-corrected chi connectivity index (χ4v) is 2.80. The maximum absolute atomic E-state index is 3.19. The van der Waals surface area contributed by atoms with Crippen molar-refractivity contribution in [2.75, 3.05) is 33.2 Å². The summed E-state index contributed by atoms with van der Waals surface area (Å²) in [4.78, 5) is 5.15. The molecule has 1 N–H and O–H groups in total. The Bertz CT molecular complexity index is 397. The van der Waals surface area contributed by atoms with E-state index in [1.54, 1.807) is 0 Å². The lowest BCUT2D eigenvalue weighted by Crippen LogP contribution is -2.53. The molecule has 112 valence electrons. The number of hydrogen-bond acceptors (Lipinski definition) is 3. The summed E-state index contributed by atoms with van der Waals surface area (Å²) in [6, 6.07) is 9.00. The van der Waals surface area contributed by atoms with Crippen molar-refractivity contribution < 1.29 is 0 Å². The number of nitrogens with zero attached hydrogens (tertiary/aromatic N) is 2. The lowest BCUT2D eigenvalue weighted by molar-refractivity contribution is 0.0591. The van der Waals surface area contributed by atoms with Gasteiger partial charge in [0.05, 0.1) is 0 Å². The highest BCUT2D eigenvalue weighted by Crippen LogP contribution is 2.17. The van der Waals surface area contributed by atoms with E-state index in [2.05, 4.69) is 60.2 Å². The molecule has 20 heavy (non-hydrogen) atoms. The predicted octanol–water partition coefficient (Wildman–Crippen LogP) is 2.32. The lowest BCUT2D eigenvalue weighted by Gasteiger charge is -2.42. The molecule has 1 fully saturated rings. The number of benzene rings is 1. The smallest absolute Gasteiger partial charge is 0.0234 e. The van der Waals surface area contributed by atoms with Crippen molar-refractivity contribution in [2.45, 2.75) is 39.4 Å². The molecule has 1 saturated heterocycles. The maximum atomic E-state index is 3.19. The molecule has 0 aromatic heterocycles. The van der Waals surface area contributed by atoms with Crippen molar-refractivity contribution in [1.29, 1.82) is 0 Å². The zero-order valence-corrected chi connectivity index (χ0v) is 13.4. The molecule has 3 heteroatoms. The molecule has 1 aliphatic heterocycles. The summed E-state index contributed by atoms with van der Waals surface area (Å²) in [5.74, 6) is 0. The fourth-order valence-electron chi connectivity index (χ4n) is 2.80. The average molecular weight is 275 g/mol. The number of nitrogens with one attached hydrogen (secondary N) is 1. The van der Waals surface area contributed by atoms with E-state index in [1.165, 1.54) is 37.3 Å². The summed E-state index contributed by atoms with van der Waals surface area (Å²) in [6.45, 7) is 13.7. The Kier molecular flexibility index (Phi) is 5.19. The van der Waals surface area contributed by atoms with Gasteiger partial charge in [-0.1, -0.05) is 24.3 Å². The summed E-state index contributed by atoms with van der Waals surface area (Å²) in [5.41, 5.74) is 3.09. The van der Waals surface area contributed by atoms with Gasteiger partial charge in [-0.2, -0.15) is 0 Å². The highest BCUT2D eigenvalue weighted by Gasteiger charge is 2.25. The van der Waals surface area contributed by atoms with Crippen LogP contribution in [0, 0.1) is 0 Å². The normalized spacial score (nSPS) is 18.4. The minimum atomic E-state index is 0.306. The van der Waals surface area contributed by atoms with E-state index < -0.39 is 0 Å². The summed E-state index contributed by atoms with van der Waals surface area (Å²) < 4.78 is 0. The molecule has 0 amide bonds. The van der Waals surface area contributed by atoms with Crippen LogP contribution < -0.4 is 5.32 Å². The van der Waals surface area contributed by atoms with Crippen molar-refractivity contribution >= 4 is 0 Å². The minimum absolute atomic E-state index is 0.306. The second-order valence-corrected chi connectivity index (χ2v) is 6.78. The topological polar surface area (TPSA) is 18.5 Å². The van der Waals surface area contributed by atoms with Gasteiger partial charge < -0.3 is 5.32 Å². The van der Waals surface area contributed by atoms with E-state index in [4.69, 9.17) is 0 Å². The fraction of sp³-hybridized carbons (Fsp3) is 0.647. The Balaban J connectivity index is 1.83. The van der Waals surface area contributed by atoms with Crippen LogP contribution in [0.15, 0.2) is 24.3 Å². The van der Waals surface area contributed by atoms with Crippen molar-refractivity contribution in [2.24, 2.45) is 0 Å². The van der Waals surface area contributed by atoms with Crippen molar-refractivity contribution in [3.63, 3.8) is 0 Å². The monoisotopic (exact) mass is 275 g/mol. The molecular weight excluding hydrogens is 246 g/mol. The first-order chi connectivity index (χ1) is 9.49. The summed E-state index contributed by atoms with van der Waals surface area (Å²) in [5, 5.41) is 3.19. The number of rotatable bonds is 4. The first kappa shape index (κ1) is 15.5. The maximum Gasteiger partial charge on any atom is 0.0234 e. The van der Waals surface area contributed by atoms with Crippen LogP contribution in [-0.4, -0.2) is 48.6 Å². The van der Waals surface area contributed by atoms with Crippen LogP contribution in [0.5, 0.6) is 0 Å². The molecule has 0 bridgehead atoms. The molecule has 0 aliphatic carbocycles. The molecule has 3 nitrogen and oxygen atoms in total. The second kappa shape index (κ2) is 6.70. The van der Waals surface area contributed by atoms with E-state index in [1.807, 2.05) is 7.05 Å². The van der Waals surface area contributed by atoms with E-state index in [0.717, 1.165) is 13.1 Å². The van der Waals surface area contributed by atoms with Gasteiger partial charge in [0.2, 0.25) is 0 Å². The third kappa shape index (κ3) is 4.30. The molecule has 0 radical (unpaired) electrons. The summed E-state index contributed by atoms with van der Waals surface area (Å²) in [7, 11) is 1.99. The first-order valence-corrected chi connectivity index (χ1v) is 7.69. The molecule has 0 saturated carbocycles. The van der Waals surface area contributed by atoms with Gasteiger partial charge in [-0.25, -0.2) is 0 Å². The van der Waals surface area contributed by atoms with E-state index in [9.17, 15) is 0 Å². The van der Waals surface area contributed by atoms with Gasteiger partial charge in [-0.3, -0.25) is 9.80 Å². The molecule has 1 aliphatic rings. The van der Waals surface area contributed by atoms with Gasteiger partial charge in [0, 0.05) is 44.8 Å². The number of hydrogen-bond donors (Lipinski definition) is 1. The Hall–Kier alpha value is -0.900. The van der Waals surface area contributed by atoms with Crippen LogP contribution >= 0.6 is 0 Å². The van der Waals surface area contributed by atoms with Gasteiger partial charge in [0.15, 0.2) is 0 Å². The van der Waals surface area contributed by atoms with Gasteiger partial charge in [-0.05, 0) is 38.9 Å². The van der Waals surface area contributed by atoms with Crippen LogP contribution in [0.1, 0.15) is 31.9 Å². The van der Waals surface area contributed by atoms with E-state index in [0.29, 0.717) is 5.54 Å². The largest absolute Gasteiger partial charge is 0.316 e. The average Bonchev–Trinajstić information content (AvgIpc) is 2.41. The van der Waals surface area contributed by atoms with E-state index >= 15 is 0 Å². The third-order valence-corrected chi connectivity index (χ3v) is 4.13. The molecule has 0 atom stereocenters. The van der Waals surface area contributed by atoms with Gasteiger partial charge in [-0.15, -0.1) is 0 Å². The minimum Gasteiger partial charge on any atom is -0.316 e. The van der Waals surface area contributed by atoms with Gasteiger partial charge in [0.1, 0.15) is 0 Å². The Morgan fingerprint density at radius 3 is 2.00 bits per heavy atom. The van der Waals surface area contributed by atoms with Crippen molar-refractivity contribution in [1.82, 2.24) is 15.1 Å². The molecule has 1 aromatic carbocycles. The molecule has 0 unspecified atom stereocenters. The zero-order valence-electron chi connectivity index (χ0n) is 13.4. The van der Waals surface area contributed by atoms with Crippen molar-refractivity contribution in [3.05, 3.63) is 35.4 Å². The molecule has 1 heterocycles. The summed E-state index contributed by atoms with van der Waals surface area (Å²) >= 11 is 0. The molecule has 0 spiro atoms. The van der Waals surface area contributed by atoms with Crippen molar-refractivity contribution in [3.8, 4) is 0 Å². The standard InChI is InChI=1S/C17H29N3/c1-17(2,3)20-11-9-19(10-12-20)14-16-7-5-15(6-8-16)13-18-4/h5-8,18H,9-14H2,1-4H3. The molecule has 1 aromatic rings. The van der Waals surface area contributed by atoms with Crippen LogP contribution in [0.2, 0.25) is 0 Å². The lowest BCUT2D eigenvalue weighted by atomic mass is 10.0. The van der Waals surface area contributed by atoms with Crippen LogP contribution in [0.3, 0.4) is 0 Å². The highest BCUT2D eigenvalue weighted by atomic mass is 15.3. The Morgan fingerprint density at radius 1 is 0.950 bits per heavy atom. The van der Waals surface area contributed by atoms with Gasteiger partial charge >= 0.3 is 0 Å². The van der Waals surface area contributed by atoms with Crippen LogP contribution in [0.4, 0.5) is 0 Å². The van der Waals surface area contributed by atoms with Crippen LogP contribution in [-0.2, 0) is 13.1 Å². The SMILES string of the molecule is CNCc1ccc(CN2CCN(C(C)(C)C)CC2)cc1. The summed E-state index contributed by atoms with van der Waals surface area (Å²) in [6.07, 6.45) is 0. The highest BCUT2D eigenvalue weighted by molar-refractivity contribution is 5.22. The van der Waals surface area contributed by atoms with E-state index in [-0.39, 0.29) is 0 Å². The third-order valence-electron chi connectivity index (χ3n) is 4.13. The Morgan fingerprint density at radius 2 is 1.50 bits per heavy atom. The molecular formula is C17H29N3. The van der Waals surface area contributed by atoms with Gasteiger partial charge in [0.25, 0.3) is 0 Å². The first-order valence-electron chi connectivity index (χ1n) is 7.69. The van der Waals surface area contributed by atoms with Crippen LogP contribution in [0.25, 0.3) is 0 Å². The predicted molar refractivity (Wildman–Crippen MR) is 85.8 cm³/mol. The second-order valence-electron chi connectivity index (χ2n) is 6.78. The zero-order chi connectivity index (χ0) is 14.6.